The average molecular weight is 368 g/mol. The summed E-state index contributed by atoms with van der Waals surface area (Å²) in [5.41, 5.74) is 4.89. The predicted molar refractivity (Wildman–Crippen MR) is 105 cm³/mol. The first kappa shape index (κ1) is 19.1. The Morgan fingerprint density at radius 1 is 1.07 bits per heavy atom. The largest absolute Gasteiger partial charge is 0.497 e. The van der Waals surface area contributed by atoms with E-state index in [-0.39, 0.29) is 5.91 Å². The van der Waals surface area contributed by atoms with Crippen LogP contribution in [0.3, 0.4) is 0 Å². The van der Waals surface area contributed by atoms with E-state index < -0.39 is 0 Å². The molecule has 1 heterocycles. The second-order valence-electron chi connectivity index (χ2n) is 6.91. The number of hydrazone groups is 1. The molecule has 27 heavy (non-hydrogen) atoms. The fraction of sp³-hybridized carbons (Fsp3) is 0.333. The summed E-state index contributed by atoms with van der Waals surface area (Å²) in [5.74, 6) is 0.723. The lowest BCUT2D eigenvalue weighted by Gasteiger charge is -2.29. The van der Waals surface area contributed by atoms with Crippen molar-refractivity contribution in [1.82, 2.24) is 5.43 Å². The summed E-state index contributed by atoms with van der Waals surface area (Å²) in [5, 5.41) is 4.05. The second-order valence-corrected chi connectivity index (χ2v) is 6.91. The smallest absolute Gasteiger partial charge is 0.295 e. The highest BCUT2D eigenvalue weighted by molar-refractivity contribution is 5.83. The Bertz CT molecular complexity index is 756. The predicted octanol–water partition coefficient (Wildman–Crippen LogP) is -0.871. The molecule has 0 unspecified atom stereocenters. The van der Waals surface area contributed by atoms with E-state index in [1.165, 1.54) is 10.5 Å². The first-order chi connectivity index (χ1) is 13.2. The maximum absolute atomic E-state index is 12.1. The normalized spacial score (nSPS) is 19.7. The van der Waals surface area contributed by atoms with Crippen LogP contribution in [0.1, 0.15) is 11.1 Å². The molecule has 0 atom stereocenters. The Kier molecular flexibility index (Phi) is 6.96. The Morgan fingerprint density at radius 2 is 1.81 bits per heavy atom. The van der Waals surface area contributed by atoms with Gasteiger partial charge in [0.2, 0.25) is 0 Å². The van der Waals surface area contributed by atoms with Gasteiger partial charge in [0.25, 0.3) is 5.91 Å². The number of carbonyl (C=O) groups excluding carboxylic acids is 1. The number of carbonyl (C=O) groups is 1. The molecule has 0 spiro atoms. The molecule has 2 aromatic carbocycles. The van der Waals surface area contributed by atoms with Crippen molar-refractivity contribution < 1.29 is 19.3 Å². The zero-order valence-corrected chi connectivity index (χ0v) is 15.8. The monoisotopic (exact) mass is 368 g/mol. The van der Waals surface area contributed by atoms with Crippen LogP contribution in [0.5, 0.6) is 5.75 Å². The number of hydrogen-bond acceptors (Lipinski definition) is 3. The van der Waals surface area contributed by atoms with E-state index >= 15 is 0 Å². The van der Waals surface area contributed by atoms with Crippen molar-refractivity contribution in [3.05, 3.63) is 65.7 Å². The highest BCUT2D eigenvalue weighted by Crippen LogP contribution is 2.10. The number of ether oxygens (including phenoxy) is 1. The molecule has 1 saturated heterocycles. The van der Waals surface area contributed by atoms with Gasteiger partial charge in [0, 0.05) is 5.56 Å². The molecular formula is C21H28N4O2+2. The van der Waals surface area contributed by atoms with Gasteiger partial charge in [-0.05, 0) is 17.7 Å². The molecule has 0 bridgehead atoms. The van der Waals surface area contributed by atoms with Gasteiger partial charge in [-0.25, -0.2) is 5.43 Å². The summed E-state index contributed by atoms with van der Waals surface area (Å²) in [6.07, 6.45) is 1.64. The zero-order valence-electron chi connectivity index (χ0n) is 15.8. The van der Waals surface area contributed by atoms with E-state index in [0.717, 1.165) is 44.0 Å². The molecule has 1 aliphatic rings. The van der Waals surface area contributed by atoms with Crippen LogP contribution < -0.4 is 20.0 Å². The van der Waals surface area contributed by atoms with Crippen molar-refractivity contribution in [2.24, 2.45) is 5.10 Å². The van der Waals surface area contributed by atoms with Crippen LogP contribution in [0.4, 0.5) is 0 Å². The number of quaternary nitrogens is 2. The Balaban J connectivity index is 1.38. The van der Waals surface area contributed by atoms with Crippen LogP contribution in [-0.2, 0) is 11.3 Å². The van der Waals surface area contributed by atoms with E-state index in [1.807, 2.05) is 24.3 Å². The van der Waals surface area contributed by atoms with Gasteiger partial charge in [0.1, 0.15) is 38.5 Å². The van der Waals surface area contributed by atoms with Crippen molar-refractivity contribution in [3.63, 3.8) is 0 Å². The lowest BCUT2D eigenvalue weighted by Crippen LogP contribution is -3.28. The number of nitrogens with zero attached hydrogens (tertiary/aromatic N) is 1. The number of benzene rings is 2. The third-order valence-electron chi connectivity index (χ3n) is 4.87. The van der Waals surface area contributed by atoms with Gasteiger partial charge in [0.05, 0.1) is 13.3 Å². The molecule has 0 radical (unpaired) electrons. The average Bonchev–Trinajstić information content (AvgIpc) is 2.70. The summed E-state index contributed by atoms with van der Waals surface area (Å²) in [4.78, 5) is 15.0. The fourth-order valence-electron chi connectivity index (χ4n) is 3.36. The molecule has 1 aliphatic heterocycles. The molecule has 1 fully saturated rings. The van der Waals surface area contributed by atoms with Crippen molar-refractivity contribution in [2.45, 2.75) is 6.54 Å². The van der Waals surface area contributed by atoms with Gasteiger partial charge < -0.3 is 14.5 Å². The van der Waals surface area contributed by atoms with Gasteiger partial charge in [0.15, 0.2) is 6.54 Å². The van der Waals surface area contributed by atoms with Gasteiger partial charge in [-0.1, -0.05) is 42.5 Å². The summed E-state index contributed by atoms with van der Waals surface area (Å²) in [6.45, 7) is 5.72. The second kappa shape index (κ2) is 9.85. The van der Waals surface area contributed by atoms with Crippen molar-refractivity contribution in [3.8, 4) is 5.75 Å². The van der Waals surface area contributed by atoms with Crippen LogP contribution in [-0.4, -0.2) is 52.0 Å². The lowest BCUT2D eigenvalue weighted by atomic mass is 10.2. The molecule has 2 aromatic rings. The minimum atomic E-state index is -0.0457. The molecule has 142 valence electrons. The number of methoxy groups -OCH3 is 1. The van der Waals surface area contributed by atoms with Crippen LogP contribution >= 0.6 is 0 Å². The SMILES string of the molecule is COc1cccc(C=NNC(=O)C[NH+]2CC[NH+](Cc3ccccc3)CC2)c1. The molecule has 3 rings (SSSR count). The summed E-state index contributed by atoms with van der Waals surface area (Å²) in [6, 6.07) is 18.1. The molecule has 0 saturated carbocycles. The fourth-order valence-corrected chi connectivity index (χ4v) is 3.36. The number of amides is 1. The summed E-state index contributed by atoms with van der Waals surface area (Å²) in [7, 11) is 1.63. The van der Waals surface area contributed by atoms with Gasteiger partial charge in [-0.15, -0.1) is 0 Å². The Hall–Kier alpha value is -2.70. The topological polar surface area (TPSA) is 59.6 Å². The number of nitrogens with one attached hydrogen (secondary N) is 3. The molecule has 1 amide bonds. The Morgan fingerprint density at radius 3 is 2.56 bits per heavy atom. The van der Waals surface area contributed by atoms with Gasteiger partial charge in [-0.2, -0.15) is 5.10 Å². The maximum Gasteiger partial charge on any atom is 0.295 e. The Labute approximate surface area is 160 Å². The molecule has 0 aromatic heterocycles. The van der Waals surface area contributed by atoms with E-state index in [1.54, 1.807) is 18.2 Å². The number of piperazine rings is 1. The van der Waals surface area contributed by atoms with E-state index in [2.05, 4.69) is 40.9 Å². The lowest BCUT2D eigenvalue weighted by molar-refractivity contribution is -1.02. The van der Waals surface area contributed by atoms with Gasteiger partial charge >= 0.3 is 0 Å². The van der Waals surface area contributed by atoms with Crippen molar-refractivity contribution in [1.29, 1.82) is 0 Å². The van der Waals surface area contributed by atoms with Crippen molar-refractivity contribution in [2.75, 3.05) is 39.8 Å². The minimum absolute atomic E-state index is 0.0457. The van der Waals surface area contributed by atoms with Crippen LogP contribution in [0.25, 0.3) is 0 Å². The van der Waals surface area contributed by atoms with Crippen LogP contribution in [0.15, 0.2) is 59.7 Å². The van der Waals surface area contributed by atoms with Crippen molar-refractivity contribution >= 4 is 12.1 Å². The highest BCUT2D eigenvalue weighted by atomic mass is 16.5. The third-order valence-corrected chi connectivity index (χ3v) is 4.87. The van der Waals surface area contributed by atoms with E-state index in [9.17, 15) is 4.79 Å². The third kappa shape index (κ3) is 6.20. The minimum Gasteiger partial charge on any atom is -0.497 e. The number of hydrogen-bond donors (Lipinski definition) is 3. The maximum atomic E-state index is 12.1. The first-order valence-corrected chi connectivity index (χ1v) is 9.40. The molecule has 6 nitrogen and oxygen atoms in total. The first-order valence-electron chi connectivity index (χ1n) is 9.40. The molecule has 6 heteroatoms. The van der Waals surface area contributed by atoms with E-state index in [4.69, 9.17) is 4.74 Å². The standard InChI is InChI=1S/C21H26N4O2/c1-27-20-9-5-8-19(14-20)15-22-23-21(26)17-25-12-10-24(11-13-25)16-18-6-3-2-4-7-18/h2-9,14-15H,10-13,16-17H2,1H3,(H,23,26)/p+2. The zero-order chi connectivity index (χ0) is 18.9. The quantitative estimate of drug-likeness (QED) is 0.440. The van der Waals surface area contributed by atoms with E-state index in [0.29, 0.717) is 6.54 Å². The molecular weight excluding hydrogens is 340 g/mol. The van der Waals surface area contributed by atoms with Crippen LogP contribution in [0, 0.1) is 0 Å². The molecule has 3 N–H and O–H groups in total. The number of rotatable bonds is 7. The highest BCUT2D eigenvalue weighted by Gasteiger charge is 2.24. The molecule has 0 aliphatic carbocycles. The summed E-state index contributed by atoms with van der Waals surface area (Å²) < 4.78 is 5.17. The summed E-state index contributed by atoms with van der Waals surface area (Å²) >= 11 is 0. The van der Waals surface area contributed by atoms with Crippen LogP contribution in [0.2, 0.25) is 0 Å². The van der Waals surface area contributed by atoms with Gasteiger partial charge in [-0.3, -0.25) is 4.79 Å².